The number of amides is 1. The molecule has 2 heterocycles. The third kappa shape index (κ3) is 4.71. The van der Waals surface area contributed by atoms with E-state index in [-0.39, 0.29) is 5.91 Å². The van der Waals surface area contributed by atoms with Gasteiger partial charge in [0.25, 0.3) is 5.91 Å². The smallest absolute Gasteiger partial charge is 0.259 e. The summed E-state index contributed by atoms with van der Waals surface area (Å²) < 4.78 is 3.49. The average Bonchev–Trinajstić information content (AvgIpc) is 3.49. The Morgan fingerprint density at radius 2 is 1.58 bits per heavy atom. The second-order valence-electron chi connectivity index (χ2n) is 7.54. The number of nitrogens with one attached hydrogen (secondary N) is 1. The van der Waals surface area contributed by atoms with Crippen molar-refractivity contribution in [1.82, 2.24) is 19.6 Å². The summed E-state index contributed by atoms with van der Waals surface area (Å²) in [6.45, 7) is 0.578. The Bertz CT molecular complexity index is 1380. The van der Waals surface area contributed by atoms with E-state index in [2.05, 4.69) is 10.4 Å². The van der Waals surface area contributed by atoms with Crippen molar-refractivity contribution in [3.05, 3.63) is 120 Å². The molecule has 0 spiro atoms. The van der Waals surface area contributed by atoms with Gasteiger partial charge in [-0.15, -0.1) is 0 Å². The number of halogens is 1. The van der Waals surface area contributed by atoms with E-state index in [1.807, 2.05) is 84.9 Å². The molecule has 6 nitrogen and oxygen atoms in total. The molecule has 7 heteroatoms. The third-order valence-electron chi connectivity index (χ3n) is 5.18. The van der Waals surface area contributed by atoms with Crippen LogP contribution in [0.25, 0.3) is 16.9 Å². The van der Waals surface area contributed by atoms with Gasteiger partial charge in [-0.3, -0.25) is 9.48 Å². The molecule has 0 aliphatic carbocycles. The number of anilines is 1. The molecule has 162 valence electrons. The van der Waals surface area contributed by atoms with Crippen LogP contribution in [0.5, 0.6) is 0 Å². The summed E-state index contributed by atoms with van der Waals surface area (Å²) in [6.07, 6.45) is 5.19. The number of hydrogen-bond donors (Lipinski definition) is 1. The zero-order chi connectivity index (χ0) is 22.6. The largest absolute Gasteiger partial charge is 0.319 e. The van der Waals surface area contributed by atoms with Gasteiger partial charge in [-0.05, 0) is 29.8 Å². The summed E-state index contributed by atoms with van der Waals surface area (Å²) in [5.74, 6) is -0.248. The van der Waals surface area contributed by atoms with Crippen molar-refractivity contribution in [2.24, 2.45) is 0 Å². The molecule has 0 unspecified atom stereocenters. The van der Waals surface area contributed by atoms with Gasteiger partial charge in [-0.1, -0.05) is 72.3 Å². The molecule has 0 saturated carbocycles. The predicted molar refractivity (Wildman–Crippen MR) is 130 cm³/mol. The molecule has 1 N–H and O–H groups in total. The molecule has 0 atom stereocenters. The topological polar surface area (TPSA) is 64.7 Å². The number of benzene rings is 3. The van der Waals surface area contributed by atoms with Crippen LogP contribution in [0.1, 0.15) is 15.9 Å². The maximum absolute atomic E-state index is 13.2. The molecule has 1 amide bonds. The Labute approximate surface area is 196 Å². The molecule has 0 aliphatic rings. The van der Waals surface area contributed by atoms with Gasteiger partial charge >= 0.3 is 0 Å². The highest BCUT2D eigenvalue weighted by Crippen LogP contribution is 2.24. The first kappa shape index (κ1) is 20.7. The van der Waals surface area contributed by atoms with Crippen molar-refractivity contribution in [2.75, 3.05) is 5.32 Å². The summed E-state index contributed by atoms with van der Waals surface area (Å²) in [5, 5.41) is 12.7. The van der Waals surface area contributed by atoms with Crippen molar-refractivity contribution < 1.29 is 4.79 Å². The normalized spacial score (nSPS) is 10.8. The fourth-order valence-electron chi connectivity index (χ4n) is 3.55. The molecule has 0 fully saturated rings. The molecule has 0 bridgehead atoms. The van der Waals surface area contributed by atoms with Crippen LogP contribution >= 0.6 is 11.6 Å². The number of hydrogen-bond acceptors (Lipinski definition) is 3. The lowest BCUT2D eigenvalue weighted by molar-refractivity contribution is 0.102. The molecular weight excluding hydrogens is 434 g/mol. The number of carbonyl (C=O) groups is 1. The van der Waals surface area contributed by atoms with Gasteiger partial charge in [0.1, 0.15) is 5.69 Å². The van der Waals surface area contributed by atoms with Crippen molar-refractivity contribution in [1.29, 1.82) is 0 Å². The Kier molecular flexibility index (Phi) is 5.74. The standard InChI is InChI=1S/C26H20ClN5O/c27-21-13-11-19(12-14-21)16-31-17-22(15-28-31)29-26(33)24-18-32(23-9-5-2-6-10-23)30-25(24)20-7-3-1-4-8-20/h1-15,17-18H,16H2,(H,29,33). The van der Waals surface area contributed by atoms with Crippen molar-refractivity contribution in [3.63, 3.8) is 0 Å². The number of para-hydroxylation sites is 1. The van der Waals surface area contributed by atoms with Gasteiger partial charge in [0.15, 0.2) is 0 Å². The maximum atomic E-state index is 13.2. The Hall–Kier alpha value is -4.16. The van der Waals surface area contributed by atoms with Crippen LogP contribution in [0.4, 0.5) is 5.69 Å². The first-order valence-electron chi connectivity index (χ1n) is 10.4. The van der Waals surface area contributed by atoms with E-state index in [9.17, 15) is 4.79 Å². The molecule has 33 heavy (non-hydrogen) atoms. The van der Waals surface area contributed by atoms with Gasteiger partial charge in [-0.25, -0.2) is 4.68 Å². The van der Waals surface area contributed by atoms with Crippen LogP contribution < -0.4 is 5.32 Å². The average molecular weight is 454 g/mol. The lowest BCUT2D eigenvalue weighted by Crippen LogP contribution is -2.12. The first-order valence-corrected chi connectivity index (χ1v) is 10.8. The van der Waals surface area contributed by atoms with Gasteiger partial charge in [0.05, 0.1) is 29.7 Å². The third-order valence-corrected chi connectivity index (χ3v) is 5.43. The summed E-state index contributed by atoms with van der Waals surface area (Å²) in [6, 6.07) is 27.0. The second-order valence-corrected chi connectivity index (χ2v) is 7.98. The molecule has 5 rings (SSSR count). The van der Waals surface area contributed by atoms with Gasteiger partial charge in [-0.2, -0.15) is 10.2 Å². The summed E-state index contributed by atoms with van der Waals surface area (Å²) >= 11 is 5.96. The zero-order valence-corrected chi connectivity index (χ0v) is 18.4. The SMILES string of the molecule is O=C(Nc1cnn(Cc2ccc(Cl)cc2)c1)c1cn(-c2ccccc2)nc1-c1ccccc1. The number of aromatic nitrogens is 4. The lowest BCUT2D eigenvalue weighted by Gasteiger charge is -2.04. The quantitative estimate of drug-likeness (QED) is 0.359. The van der Waals surface area contributed by atoms with Crippen molar-refractivity contribution in [3.8, 4) is 16.9 Å². The molecule has 0 radical (unpaired) electrons. The van der Waals surface area contributed by atoms with E-state index < -0.39 is 0 Å². The number of nitrogens with zero attached hydrogens (tertiary/aromatic N) is 4. The molecule has 3 aromatic carbocycles. The highest BCUT2D eigenvalue weighted by molar-refractivity contribution is 6.30. The van der Waals surface area contributed by atoms with E-state index in [0.717, 1.165) is 16.8 Å². The summed E-state index contributed by atoms with van der Waals surface area (Å²) in [4.78, 5) is 13.2. The van der Waals surface area contributed by atoms with E-state index in [1.165, 1.54) is 0 Å². The van der Waals surface area contributed by atoms with E-state index in [4.69, 9.17) is 16.7 Å². The van der Waals surface area contributed by atoms with E-state index in [1.54, 1.807) is 28.0 Å². The van der Waals surface area contributed by atoms with Gasteiger partial charge in [0.2, 0.25) is 0 Å². The lowest BCUT2D eigenvalue weighted by atomic mass is 10.1. The Morgan fingerprint density at radius 1 is 0.879 bits per heavy atom. The predicted octanol–water partition coefficient (Wildman–Crippen LogP) is 5.69. The molecule has 5 aromatic rings. The van der Waals surface area contributed by atoms with Crippen molar-refractivity contribution >= 4 is 23.2 Å². The minimum Gasteiger partial charge on any atom is -0.319 e. The number of carbonyl (C=O) groups excluding carboxylic acids is 1. The van der Waals surface area contributed by atoms with Crippen LogP contribution in [0, 0.1) is 0 Å². The van der Waals surface area contributed by atoms with Gasteiger partial charge < -0.3 is 5.32 Å². The first-order chi connectivity index (χ1) is 16.2. The monoisotopic (exact) mass is 453 g/mol. The molecule has 0 aliphatic heterocycles. The Balaban J connectivity index is 1.41. The molecule has 0 saturated heterocycles. The number of rotatable bonds is 6. The van der Waals surface area contributed by atoms with Crippen LogP contribution in [-0.2, 0) is 6.54 Å². The minimum absolute atomic E-state index is 0.248. The van der Waals surface area contributed by atoms with E-state index >= 15 is 0 Å². The maximum Gasteiger partial charge on any atom is 0.259 e. The fourth-order valence-corrected chi connectivity index (χ4v) is 3.68. The summed E-state index contributed by atoms with van der Waals surface area (Å²) in [5.41, 5.74) is 4.53. The van der Waals surface area contributed by atoms with Gasteiger partial charge in [0, 0.05) is 23.0 Å². The van der Waals surface area contributed by atoms with Crippen LogP contribution in [-0.4, -0.2) is 25.5 Å². The van der Waals surface area contributed by atoms with Crippen LogP contribution in [0.3, 0.4) is 0 Å². The fraction of sp³-hybridized carbons (Fsp3) is 0.0385. The minimum atomic E-state index is -0.248. The van der Waals surface area contributed by atoms with E-state index in [0.29, 0.717) is 28.5 Å². The Morgan fingerprint density at radius 3 is 2.30 bits per heavy atom. The second kappa shape index (κ2) is 9.14. The van der Waals surface area contributed by atoms with Crippen molar-refractivity contribution in [2.45, 2.75) is 6.54 Å². The molecule has 2 aromatic heterocycles. The molecular formula is C26H20ClN5O. The van der Waals surface area contributed by atoms with Crippen LogP contribution in [0.2, 0.25) is 5.02 Å². The zero-order valence-electron chi connectivity index (χ0n) is 17.6. The van der Waals surface area contributed by atoms with Crippen LogP contribution in [0.15, 0.2) is 104 Å². The highest BCUT2D eigenvalue weighted by atomic mass is 35.5. The summed E-state index contributed by atoms with van der Waals surface area (Å²) in [7, 11) is 0. The highest BCUT2D eigenvalue weighted by Gasteiger charge is 2.19.